The van der Waals surface area contributed by atoms with Crippen molar-refractivity contribution in [2.24, 2.45) is 5.92 Å². The zero-order chi connectivity index (χ0) is 15.6. The molecule has 1 aliphatic heterocycles. The van der Waals surface area contributed by atoms with Crippen molar-refractivity contribution in [1.82, 2.24) is 4.31 Å². The standard InChI is InChI=1S/C18H23NO2S/c1-2-3-6-15-11-12-19(14-15)22(20,21)18-10-9-16-7-4-5-8-17(16)13-18/h4-5,7-10,13,15H,2-3,6,11-12,14H2,1H3. The van der Waals surface area contributed by atoms with Crippen LogP contribution in [0, 0.1) is 5.92 Å². The molecular formula is C18H23NO2S. The number of fused-ring (bicyclic) bond motifs is 1. The summed E-state index contributed by atoms with van der Waals surface area (Å²) in [6.07, 6.45) is 4.50. The zero-order valence-electron chi connectivity index (χ0n) is 13.0. The number of rotatable bonds is 5. The van der Waals surface area contributed by atoms with Gasteiger partial charge in [-0.25, -0.2) is 8.42 Å². The maximum atomic E-state index is 12.8. The lowest BCUT2D eigenvalue weighted by Gasteiger charge is -2.17. The van der Waals surface area contributed by atoms with Gasteiger partial charge >= 0.3 is 0 Å². The maximum absolute atomic E-state index is 12.8. The van der Waals surface area contributed by atoms with Crippen molar-refractivity contribution < 1.29 is 8.42 Å². The largest absolute Gasteiger partial charge is 0.243 e. The Hall–Kier alpha value is -1.39. The molecule has 0 saturated carbocycles. The van der Waals surface area contributed by atoms with E-state index >= 15 is 0 Å². The van der Waals surface area contributed by atoms with Gasteiger partial charge in [-0.05, 0) is 41.7 Å². The molecule has 2 aromatic rings. The van der Waals surface area contributed by atoms with E-state index in [1.54, 1.807) is 16.4 Å². The average molecular weight is 317 g/mol. The Bertz CT molecular complexity index is 755. The van der Waals surface area contributed by atoms with E-state index in [1.165, 1.54) is 12.8 Å². The predicted octanol–water partition coefficient (Wildman–Crippen LogP) is 4.04. The van der Waals surface area contributed by atoms with Crippen molar-refractivity contribution in [2.75, 3.05) is 13.1 Å². The van der Waals surface area contributed by atoms with Gasteiger partial charge < -0.3 is 0 Å². The number of nitrogens with zero attached hydrogens (tertiary/aromatic N) is 1. The van der Waals surface area contributed by atoms with E-state index in [0.29, 0.717) is 23.9 Å². The van der Waals surface area contributed by atoms with Crippen molar-refractivity contribution in [1.29, 1.82) is 0 Å². The summed E-state index contributed by atoms with van der Waals surface area (Å²) >= 11 is 0. The van der Waals surface area contributed by atoms with E-state index in [1.807, 2.05) is 30.3 Å². The van der Waals surface area contributed by atoms with Gasteiger partial charge in [0.15, 0.2) is 0 Å². The number of hydrogen-bond acceptors (Lipinski definition) is 2. The maximum Gasteiger partial charge on any atom is 0.243 e. The number of unbranched alkanes of at least 4 members (excludes halogenated alkanes) is 1. The highest BCUT2D eigenvalue weighted by Crippen LogP contribution is 2.28. The molecule has 0 radical (unpaired) electrons. The van der Waals surface area contributed by atoms with Crippen LogP contribution in [-0.2, 0) is 10.0 Å². The number of sulfonamides is 1. The lowest BCUT2D eigenvalue weighted by Crippen LogP contribution is -2.28. The fraction of sp³-hybridized carbons (Fsp3) is 0.444. The molecule has 2 aromatic carbocycles. The highest BCUT2D eigenvalue weighted by Gasteiger charge is 2.32. The summed E-state index contributed by atoms with van der Waals surface area (Å²) < 4.78 is 27.3. The van der Waals surface area contributed by atoms with Gasteiger partial charge in [0, 0.05) is 13.1 Å². The van der Waals surface area contributed by atoms with E-state index in [9.17, 15) is 8.42 Å². The number of benzene rings is 2. The van der Waals surface area contributed by atoms with Gasteiger partial charge in [0.05, 0.1) is 4.90 Å². The second-order valence-electron chi connectivity index (χ2n) is 6.17. The van der Waals surface area contributed by atoms with Crippen LogP contribution in [0.15, 0.2) is 47.4 Å². The molecule has 0 amide bonds. The molecule has 0 spiro atoms. The van der Waals surface area contributed by atoms with Gasteiger partial charge in [-0.1, -0.05) is 50.1 Å². The van der Waals surface area contributed by atoms with Crippen LogP contribution in [0.1, 0.15) is 32.6 Å². The van der Waals surface area contributed by atoms with E-state index in [4.69, 9.17) is 0 Å². The summed E-state index contributed by atoms with van der Waals surface area (Å²) in [5, 5.41) is 2.05. The Labute approximate surface area is 133 Å². The third-order valence-corrected chi connectivity index (χ3v) is 6.43. The summed E-state index contributed by atoms with van der Waals surface area (Å²) in [4.78, 5) is 0.419. The minimum atomic E-state index is -3.35. The second-order valence-corrected chi connectivity index (χ2v) is 8.11. The molecule has 1 fully saturated rings. The smallest absolute Gasteiger partial charge is 0.207 e. The first-order chi connectivity index (χ1) is 10.6. The molecule has 0 N–H and O–H groups in total. The van der Waals surface area contributed by atoms with Crippen LogP contribution in [0.5, 0.6) is 0 Å². The SMILES string of the molecule is CCCCC1CCN(S(=O)(=O)c2ccc3ccccc3c2)C1. The van der Waals surface area contributed by atoms with E-state index in [2.05, 4.69) is 6.92 Å². The van der Waals surface area contributed by atoms with Crippen molar-refractivity contribution in [3.8, 4) is 0 Å². The Morgan fingerprint density at radius 3 is 2.68 bits per heavy atom. The van der Waals surface area contributed by atoms with Crippen molar-refractivity contribution in [3.05, 3.63) is 42.5 Å². The van der Waals surface area contributed by atoms with Gasteiger partial charge in [0.1, 0.15) is 0 Å². The van der Waals surface area contributed by atoms with E-state index < -0.39 is 10.0 Å². The second kappa shape index (κ2) is 6.39. The molecule has 22 heavy (non-hydrogen) atoms. The van der Waals surface area contributed by atoms with Gasteiger partial charge in [0.2, 0.25) is 10.0 Å². The first kappa shape index (κ1) is 15.5. The molecule has 1 aliphatic rings. The fourth-order valence-corrected chi connectivity index (χ4v) is 4.79. The molecule has 3 rings (SSSR count). The Morgan fingerprint density at radius 1 is 1.14 bits per heavy atom. The highest BCUT2D eigenvalue weighted by atomic mass is 32.2. The predicted molar refractivity (Wildman–Crippen MR) is 90.3 cm³/mol. The topological polar surface area (TPSA) is 37.4 Å². The minimum Gasteiger partial charge on any atom is -0.207 e. The molecule has 0 aliphatic carbocycles. The highest BCUT2D eigenvalue weighted by molar-refractivity contribution is 7.89. The summed E-state index contributed by atoms with van der Waals surface area (Å²) in [5.74, 6) is 0.523. The van der Waals surface area contributed by atoms with Crippen LogP contribution in [0.25, 0.3) is 10.8 Å². The molecule has 3 nitrogen and oxygen atoms in total. The van der Waals surface area contributed by atoms with Crippen LogP contribution in [0.4, 0.5) is 0 Å². The normalized spacial score (nSPS) is 19.8. The third kappa shape index (κ3) is 3.03. The fourth-order valence-electron chi connectivity index (χ4n) is 3.22. The Morgan fingerprint density at radius 2 is 1.91 bits per heavy atom. The molecule has 4 heteroatoms. The van der Waals surface area contributed by atoms with Gasteiger partial charge in [0.25, 0.3) is 0 Å². The monoisotopic (exact) mass is 317 g/mol. The molecule has 0 bridgehead atoms. The summed E-state index contributed by atoms with van der Waals surface area (Å²) in [6.45, 7) is 3.51. The van der Waals surface area contributed by atoms with Crippen molar-refractivity contribution in [3.63, 3.8) is 0 Å². The van der Waals surface area contributed by atoms with Crippen LogP contribution in [-0.4, -0.2) is 25.8 Å². The summed E-state index contributed by atoms with van der Waals surface area (Å²) in [6, 6.07) is 13.3. The molecule has 1 saturated heterocycles. The van der Waals surface area contributed by atoms with Crippen LogP contribution in [0.2, 0.25) is 0 Å². The molecular weight excluding hydrogens is 294 g/mol. The quantitative estimate of drug-likeness (QED) is 0.834. The lowest BCUT2D eigenvalue weighted by molar-refractivity contribution is 0.439. The van der Waals surface area contributed by atoms with Crippen LogP contribution >= 0.6 is 0 Å². The summed E-state index contributed by atoms with van der Waals surface area (Å²) in [5.41, 5.74) is 0. The Balaban J connectivity index is 1.82. The molecule has 118 valence electrons. The first-order valence-corrected chi connectivity index (χ1v) is 9.54. The van der Waals surface area contributed by atoms with Crippen molar-refractivity contribution >= 4 is 20.8 Å². The minimum absolute atomic E-state index is 0.419. The van der Waals surface area contributed by atoms with E-state index in [0.717, 1.165) is 23.6 Å². The zero-order valence-corrected chi connectivity index (χ0v) is 13.8. The molecule has 1 unspecified atom stereocenters. The molecule has 0 aromatic heterocycles. The van der Waals surface area contributed by atoms with Crippen molar-refractivity contribution in [2.45, 2.75) is 37.5 Å². The van der Waals surface area contributed by atoms with Gasteiger partial charge in [-0.3, -0.25) is 0 Å². The van der Waals surface area contributed by atoms with Gasteiger partial charge in [-0.15, -0.1) is 0 Å². The van der Waals surface area contributed by atoms with Crippen LogP contribution in [0.3, 0.4) is 0 Å². The average Bonchev–Trinajstić information content (AvgIpc) is 3.02. The number of hydrogen-bond donors (Lipinski definition) is 0. The third-order valence-electron chi connectivity index (χ3n) is 4.57. The lowest BCUT2D eigenvalue weighted by atomic mass is 10.0. The summed E-state index contributed by atoms with van der Waals surface area (Å²) in [7, 11) is -3.35. The molecule has 1 heterocycles. The van der Waals surface area contributed by atoms with Crippen LogP contribution < -0.4 is 0 Å². The van der Waals surface area contributed by atoms with E-state index in [-0.39, 0.29) is 0 Å². The Kier molecular flexibility index (Phi) is 4.50. The molecule has 1 atom stereocenters. The first-order valence-electron chi connectivity index (χ1n) is 8.10. The van der Waals surface area contributed by atoms with Gasteiger partial charge in [-0.2, -0.15) is 4.31 Å².